The van der Waals surface area contributed by atoms with Crippen molar-refractivity contribution < 1.29 is 0 Å². The van der Waals surface area contributed by atoms with E-state index in [4.69, 9.17) is 0 Å². The number of hydrogen-bond donors (Lipinski definition) is 1. The van der Waals surface area contributed by atoms with Crippen LogP contribution in [0.15, 0.2) is 24.3 Å². The van der Waals surface area contributed by atoms with Gasteiger partial charge in [-0.2, -0.15) is 0 Å². The van der Waals surface area contributed by atoms with Crippen LogP contribution in [0.3, 0.4) is 0 Å². The van der Waals surface area contributed by atoms with Crippen molar-refractivity contribution in [1.29, 1.82) is 0 Å². The lowest BCUT2D eigenvalue weighted by Gasteiger charge is -2.28. The summed E-state index contributed by atoms with van der Waals surface area (Å²) in [4.78, 5) is 0. The van der Waals surface area contributed by atoms with Gasteiger partial charge in [-0.15, -0.1) is 0 Å². The van der Waals surface area contributed by atoms with E-state index in [0.29, 0.717) is 11.5 Å². The molecule has 1 aromatic rings. The Morgan fingerprint density at radius 1 is 0.950 bits per heavy atom. The summed E-state index contributed by atoms with van der Waals surface area (Å²) in [5.41, 5.74) is 3.47. The molecule has 0 saturated heterocycles. The Morgan fingerprint density at radius 2 is 1.50 bits per heavy atom. The largest absolute Gasteiger partial charge is 0.310 e. The van der Waals surface area contributed by atoms with Gasteiger partial charge in [0.25, 0.3) is 0 Å². The van der Waals surface area contributed by atoms with E-state index in [9.17, 15) is 0 Å². The third-order valence-electron chi connectivity index (χ3n) is 4.25. The number of benzene rings is 1. The highest BCUT2D eigenvalue weighted by atomic mass is 14.9. The Balaban J connectivity index is 2.93. The fraction of sp³-hybridized carbons (Fsp3) is 0.684. The van der Waals surface area contributed by atoms with Crippen molar-refractivity contribution in [2.75, 3.05) is 6.54 Å². The van der Waals surface area contributed by atoms with Crippen molar-refractivity contribution in [3.63, 3.8) is 0 Å². The van der Waals surface area contributed by atoms with Crippen LogP contribution in [-0.4, -0.2) is 6.54 Å². The second-order valence-electron chi connectivity index (χ2n) is 7.73. The van der Waals surface area contributed by atoms with E-state index in [-0.39, 0.29) is 5.41 Å². The van der Waals surface area contributed by atoms with Crippen molar-refractivity contribution >= 4 is 0 Å². The smallest absolute Gasteiger partial charge is 0.0325 e. The van der Waals surface area contributed by atoms with Crippen LogP contribution in [0.2, 0.25) is 0 Å². The van der Waals surface area contributed by atoms with Gasteiger partial charge in [0.05, 0.1) is 0 Å². The molecule has 1 aromatic carbocycles. The van der Waals surface area contributed by atoms with Gasteiger partial charge < -0.3 is 5.32 Å². The zero-order valence-corrected chi connectivity index (χ0v) is 14.5. The highest BCUT2D eigenvalue weighted by molar-refractivity contribution is 5.29. The minimum Gasteiger partial charge on any atom is -0.310 e. The van der Waals surface area contributed by atoms with Crippen molar-refractivity contribution in [3.8, 4) is 0 Å². The van der Waals surface area contributed by atoms with Gasteiger partial charge in [0.2, 0.25) is 0 Å². The summed E-state index contributed by atoms with van der Waals surface area (Å²) in [6.07, 6.45) is 2.34. The van der Waals surface area contributed by atoms with Gasteiger partial charge in [0.15, 0.2) is 0 Å². The maximum atomic E-state index is 3.63. The van der Waals surface area contributed by atoms with E-state index in [1.54, 1.807) is 0 Å². The fourth-order valence-electron chi connectivity index (χ4n) is 2.54. The lowest BCUT2D eigenvalue weighted by molar-refractivity contribution is 0.314. The van der Waals surface area contributed by atoms with Crippen molar-refractivity contribution in [2.45, 2.75) is 72.8 Å². The quantitative estimate of drug-likeness (QED) is 0.726. The van der Waals surface area contributed by atoms with Crippen LogP contribution >= 0.6 is 0 Å². The van der Waals surface area contributed by atoms with Gasteiger partial charge in [-0.05, 0) is 41.3 Å². The summed E-state index contributed by atoms with van der Waals surface area (Å²) in [5, 5.41) is 3.63. The highest BCUT2D eigenvalue weighted by Crippen LogP contribution is 2.32. The third kappa shape index (κ3) is 4.94. The van der Waals surface area contributed by atoms with Gasteiger partial charge in [-0.1, -0.05) is 72.7 Å². The molecule has 0 saturated carbocycles. The molecule has 1 rings (SSSR count). The van der Waals surface area contributed by atoms with Gasteiger partial charge in [-0.25, -0.2) is 0 Å². The average molecular weight is 275 g/mol. The molecule has 1 atom stereocenters. The maximum absolute atomic E-state index is 3.63. The Morgan fingerprint density at radius 3 is 1.90 bits per heavy atom. The molecule has 0 aliphatic heterocycles. The van der Waals surface area contributed by atoms with Crippen LogP contribution in [0.1, 0.15) is 78.5 Å². The first-order valence-corrected chi connectivity index (χ1v) is 8.03. The summed E-state index contributed by atoms with van der Waals surface area (Å²) < 4.78 is 0. The van der Waals surface area contributed by atoms with E-state index in [2.05, 4.69) is 78.0 Å². The molecule has 0 aliphatic carbocycles. The van der Waals surface area contributed by atoms with E-state index in [0.717, 1.165) is 13.0 Å². The molecule has 0 heterocycles. The molecule has 1 heteroatoms. The first kappa shape index (κ1) is 17.2. The molecular weight excluding hydrogens is 242 g/mol. The molecule has 1 nitrogen and oxygen atoms in total. The first-order valence-electron chi connectivity index (χ1n) is 8.03. The Kier molecular flexibility index (Phi) is 5.82. The SMILES string of the molecule is CCNC(CC(C)(C)C)c1ccc(C(C)(C)CC)cc1. The van der Waals surface area contributed by atoms with Crippen LogP contribution < -0.4 is 5.32 Å². The van der Waals surface area contributed by atoms with Gasteiger partial charge >= 0.3 is 0 Å². The summed E-state index contributed by atoms with van der Waals surface area (Å²) in [7, 11) is 0. The monoisotopic (exact) mass is 275 g/mol. The molecule has 0 bridgehead atoms. The summed E-state index contributed by atoms with van der Waals surface area (Å²) in [5.74, 6) is 0. The molecule has 1 unspecified atom stereocenters. The summed E-state index contributed by atoms with van der Waals surface area (Å²) in [6, 6.07) is 9.70. The molecule has 114 valence electrons. The highest BCUT2D eigenvalue weighted by Gasteiger charge is 2.21. The van der Waals surface area contributed by atoms with E-state index < -0.39 is 0 Å². The molecule has 20 heavy (non-hydrogen) atoms. The Labute approximate surface area is 126 Å². The first-order chi connectivity index (χ1) is 9.19. The Bertz CT molecular complexity index is 395. The van der Waals surface area contributed by atoms with Crippen LogP contribution in [0.5, 0.6) is 0 Å². The summed E-state index contributed by atoms with van der Waals surface area (Å²) in [6.45, 7) is 17.0. The molecule has 0 aromatic heterocycles. The van der Waals surface area contributed by atoms with Gasteiger partial charge in [0.1, 0.15) is 0 Å². The minimum atomic E-state index is 0.274. The van der Waals surface area contributed by atoms with Crippen LogP contribution in [0, 0.1) is 5.41 Å². The van der Waals surface area contributed by atoms with Crippen molar-refractivity contribution in [1.82, 2.24) is 5.32 Å². The maximum Gasteiger partial charge on any atom is 0.0325 e. The fourth-order valence-corrected chi connectivity index (χ4v) is 2.54. The summed E-state index contributed by atoms with van der Waals surface area (Å²) >= 11 is 0. The second kappa shape index (κ2) is 6.76. The van der Waals surface area contributed by atoms with Crippen molar-refractivity contribution in [2.24, 2.45) is 5.41 Å². The van der Waals surface area contributed by atoms with E-state index in [1.807, 2.05) is 0 Å². The van der Waals surface area contributed by atoms with E-state index in [1.165, 1.54) is 17.5 Å². The third-order valence-corrected chi connectivity index (χ3v) is 4.25. The van der Waals surface area contributed by atoms with E-state index >= 15 is 0 Å². The van der Waals surface area contributed by atoms with Gasteiger partial charge in [-0.3, -0.25) is 0 Å². The number of rotatable bonds is 6. The molecule has 0 fully saturated rings. The zero-order chi connectivity index (χ0) is 15.4. The molecule has 0 radical (unpaired) electrons. The molecule has 0 amide bonds. The predicted octanol–water partition coefficient (Wildman–Crippen LogP) is 5.46. The number of nitrogens with one attached hydrogen (secondary N) is 1. The molecular formula is C19H33N. The lowest BCUT2D eigenvalue weighted by atomic mass is 9.80. The van der Waals surface area contributed by atoms with Crippen molar-refractivity contribution in [3.05, 3.63) is 35.4 Å². The molecule has 0 aliphatic rings. The Hall–Kier alpha value is -0.820. The molecule has 1 N–H and O–H groups in total. The van der Waals surface area contributed by atoms with Gasteiger partial charge in [0, 0.05) is 6.04 Å². The van der Waals surface area contributed by atoms with Crippen LogP contribution in [-0.2, 0) is 5.41 Å². The lowest BCUT2D eigenvalue weighted by Crippen LogP contribution is -2.25. The topological polar surface area (TPSA) is 12.0 Å². The standard InChI is InChI=1S/C19H33N/c1-8-19(6,7)16-12-10-15(11-13-16)17(20-9-2)14-18(3,4)5/h10-13,17,20H,8-9,14H2,1-7H3. The van der Waals surface area contributed by atoms with Crippen LogP contribution in [0.4, 0.5) is 0 Å². The second-order valence-corrected chi connectivity index (χ2v) is 7.73. The minimum absolute atomic E-state index is 0.274. The molecule has 0 spiro atoms. The zero-order valence-electron chi connectivity index (χ0n) is 14.5. The van der Waals surface area contributed by atoms with Crippen LogP contribution in [0.25, 0.3) is 0 Å². The number of hydrogen-bond acceptors (Lipinski definition) is 1. The predicted molar refractivity (Wildman–Crippen MR) is 90.2 cm³/mol. The average Bonchev–Trinajstić information content (AvgIpc) is 2.37. The normalized spacial score (nSPS) is 14.3.